The third-order valence-electron chi connectivity index (χ3n) is 9.93. The minimum atomic E-state index is 0.703. The molecule has 0 fully saturated rings. The molecule has 0 atom stereocenters. The first-order chi connectivity index (χ1) is 25.3. The average molecular weight is 651 g/mol. The summed E-state index contributed by atoms with van der Waals surface area (Å²) in [6, 6.07) is 60.1. The van der Waals surface area contributed by atoms with Gasteiger partial charge in [0.15, 0.2) is 5.82 Å². The van der Waals surface area contributed by atoms with Crippen molar-refractivity contribution >= 4 is 43.4 Å². The zero-order valence-corrected chi connectivity index (χ0v) is 27.6. The van der Waals surface area contributed by atoms with Crippen molar-refractivity contribution in [3.63, 3.8) is 0 Å². The summed E-state index contributed by atoms with van der Waals surface area (Å²) in [5.41, 5.74) is 10.6. The lowest BCUT2D eigenvalue weighted by Gasteiger charge is -2.14. The lowest BCUT2D eigenvalue weighted by atomic mass is 9.96. The number of rotatable bonds is 5. The molecular formula is C47H30N4. The molecule has 4 nitrogen and oxygen atoms in total. The molecule has 3 aromatic heterocycles. The molecular weight excluding hydrogens is 621 g/mol. The van der Waals surface area contributed by atoms with Crippen LogP contribution in [0.15, 0.2) is 182 Å². The number of pyridine rings is 1. The maximum atomic E-state index is 5.29. The smallest absolute Gasteiger partial charge is 0.161 e. The SMILES string of the molecule is c1ccc2c(c1)cc(-c1nc(-c3ccc(-c4ccncc4)cc3)cc(-c3ccc(-n4c5ccccc5c5ccccc54)cc3)n1)c1ccccc12. The molecule has 10 aromatic rings. The zero-order valence-electron chi connectivity index (χ0n) is 27.6. The predicted octanol–water partition coefficient (Wildman–Crippen LogP) is 11.9. The molecule has 0 saturated carbocycles. The number of benzene rings is 7. The summed E-state index contributed by atoms with van der Waals surface area (Å²) in [4.78, 5) is 14.7. The summed E-state index contributed by atoms with van der Waals surface area (Å²) >= 11 is 0. The fraction of sp³-hybridized carbons (Fsp3) is 0. The zero-order chi connectivity index (χ0) is 33.7. The van der Waals surface area contributed by atoms with Gasteiger partial charge in [0.2, 0.25) is 0 Å². The van der Waals surface area contributed by atoms with Gasteiger partial charge in [-0.2, -0.15) is 0 Å². The molecule has 0 N–H and O–H groups in total. The van der Waals surface area contributed by atoms with Crippen LogP contribution in [0.2, 0.25) is 0 Å². The molecule has 0 amide bonds. The van der Waals surface area contributed by atoms with Crippen LogP contribution in [0, 0.1) is 0 Å². The van der Waals surface area contributed by atoms with Gasteiger partial charge in [0.05, 0.1) is 22.4 Å². The Morgan fingerprint density at radius 2 is 0.863 bits per heavy atom. The van der Waals surface area contributed by atoms with Gasteiger partial charge in [-0.05, 0) is 81.2 Å². The molecule has 4 heteroatoms. The third kappa shape index (κ3) is 4.96. The molecule has 0 spiro atoms. The number of hydrogen-bond acceptors (Lipinski definition) is 3. The Bertz CT molecular complexity index is 2840. The molecule has 238 valence electrons. The monoisotopic (exact) mass is 650 g/mol. The Morgan fingerprint density at radius 1 is 0.373 bits per heavy atom. The number of hydrogen-bond donors (Lipinski definition) is 0. The first-order valence-electron chi connectivity index (χ1n) is 17.2. The Kier molecular flexibility index (Phi) is 6.78. The summed E-state index contributed by atoms with van der Waals surface area (Å²) in [5.74, 6) is 0.703. The summed E-state index contributed by atoms with van der Waals surface area (Å²) < 4.78 is 2.34. The molecule has 0 bridgehead atoms. The lowest BCUT2D eigenvalue weighted by Crippen LogP contribution is -1.98. The van der Waals surface area contributed by atoms with E-state index in [1.54, 1.807) is 0 Å². The predicted molar refractivity (Wildman–Crippen MR) is 211 cm³/mol. The average Bonchev–Trinajstić information content (AvgIpc) is 3.55. The van der Waals surface area contributed by atoms with Crippen LogP contribution >= 0.6 is 0 Å². The van der Waals surface area contributed by atoms with Crippen molar-refractivity contribution in [1.29, 1.82) is 0 Å². The van der Waals surface area contributed by atoms with E-state index in [4.69, 9.17) is 9.97 Å². The Hall–Kier alpha value is -6.91. The maximum absolute atomic E-state index is 5.29. The minimum absolute atomic E-state index is 0.703. The van der Waals surface area contributed by atoms with Gasteiger partial charge in [0.1, 0.15) is 0 Å². The first-order valence-corrected chi connectivity index (χ1v) is 17.2. The second-order valence-corrected chi connectivity index (χ2v) is 12.9. The molecule has 0 unspecified atom stereocenters. The molecule has 0 radical (unpaired) electrons. The van der Waals surface area contributed by atoms with Gasteiger partial charge < -0.3 is 4.57 Å². The highest BCUT2D eigenvalue weighted by Crippen LogP contribution is 2.37. The number of nitrogens with zero attached hydrogens (tertiary/aromatic N) is 4. The molecule has 3 heterocycles. The van der Waals surface area contributed by atoms with Crippen LogP contribution in [0.5, 0.6) is 0 Å². The number of fused-ring (bicyclic) bond motifs is 6. The van der Waals surface area contributed by atoms with Crippen LogP contribution in [-0.4, -0.2) is 19.5 Å². The van der Waals surface area contributed by atoms with Crippen LogP contribution in [0.3, 0.4) is 0 Å². The van der Waals surface area contributed by atoms with Gasteiger partial charge >= 0.3 is 0 Å². The van der Waals surface area contributed by atoms with Crippen LogP contribution in [-0.2, 0) is 0 Å². The highest BCUT2D eigenvalue weighted by molar-refractivity contribution is 6.13. The van der Waals surface area contributed by atoms with Crippen molar-refractivity contribution in [2.45, 2.75) is 0 Å². The van der Waals surface area contributed by atoms with Crippen LogP contribution in [0.1, 0.15) is 0 Å². The van der Waals surface area contributed by atoms with Crippen LogP contribution in [0.4, 0.5) is 0 Å². The molecule has 0 aliphatic heterocycles. The van der Waals surface area contributed by atoms with Crippen molar-refractivity contribution in [1.82, 2.24) is 19.5 Å². The highest BCUT2D eigenvalue weighted by atomic mass is 15.0. The number of aromatic nitrogens is 4. The topological polar surface area (TPSA) is 43.6 Å². The van der Waals surface area contributed by atoms with E-state index < -0.39 is 0 Å². The van der Waals surface area contributed by atoms with Crippen LogP contribution in [0.25, 0.3) is 94.1 Å². The standard InChI is InChI=1S/C47H30N4/c1-2-10-37-35(9-1)29-42(39-12-4-3-11-38(37)39)47-49-43(33-19-17-31(18-20-33)32-25-27-48-28-26-32)30-44(50-47)34-21-23-36(24-22-34)51-45-15-7-5-13-40(45)41-14-6-8-16-46(41)51/h1-30H. The van der Waals surface area contributed by atoms with E-state index >= 15 is 0 Å². The van der Waals surface area contributed by atoms with Crippen molar-refractivity contribution in [2.24, 2.45) is 0 Å². The Morgan fingerprint density at radius 3 is 1.51 bits per heavy atom. The largest absolute Gasteiger partial charge is 0.309 e. The van der Waals surface area contributed by atoms with E-state index in [0.717, 1.165) is 50.3 Å². The second-order valence-electron chi connectivity index (χ2n) is 12.9. The first kappa shape index (κ1) is 29.0. The summed E-state index contributed by atoms with van der Waals surface area (Å²) in [5, 5.41) is 7.21. The van der Waals surface area contributed by atoms with E-state index in [9.17, 15) is 0 Å². The van der Waals surface area contributed by atoms with Gasteiger partial charge in [-0.25, -0.2) is 9.97 Å². The number of para-hydroxylation sites is 2. The molecule has 0 aliphatic rings. The van der Waals surface area contributed by atoms with Gasteiger partial charge in [-0.3, -0.25) is 4.98 Å². The minimum Gasteiger partial charge on any atom is -0.309 e. The molecule has 7 aromatic carbocycles. The fourth-order valence-corrected chi connectivity index (χ4v) is 7.46. The van der Waals surface area contributed by atoms with Crippen molar-refractivity contribution in [2.75, 3.05) is 0 Å². The van der Waals surface area contributed by atoms with Gasteiger partial charge in [0, 0.05) is 45.5 Å². The van der Waals surface area contributed by atoms with Gasteiger partial charge in [-0.15, -0.1) is 0 Å². The van der Waals surface area contributed by atoms with Crippen molar-refractivity contribution in [3.05, 3.63) is 182 Å². The molecule has 51 heavy (non-hydrogen) atoms. The van der Waals surface area contributed by atoms with E-state index in [-0.39, 0.29) is 0 Å². The maximum Gasteiger partial charge on any atom is 0.161 e. The Balaban J connectivity index is 1.14. The molecule has 0 saturated heterocycles. The highest BCUT2D eigenvalue weighted by Gasteiger charge is 2.16. The van der Waals surface area contributed by atoms with E-state index in [1.165, 1.54) is 38.0 Å². The van der Waals surface area contributed by atoms with Crippen molar-refractivity contribution < 1.29 is 0 Å². The van der Waals surface area contributed by atoms with E-state index in [2.05, 4.69) is 167 Å². The summed E-state index contributed by atoms with van der Waals surface area (Å²) in [7, 11) is 0. The fourth-order valence-electron chi connectivity index (χ4n) is 7.46. The molecule has 10 rings (SSSR count). The van der Waals surface area contributed by atoms with Gasteiger partial charge in [0.25, 0.3) is 0 Å². The summed E-state index contributed by atoms with van der Waals surface area (Å²) in [6.45, 7) is 0. The van der Waals surface area contributed by atoms with Crippen molar-refractivity contribution in [3.8, 4) is 50.7 Å². The van der Waals surface area contributed by atoms with Gasteiger partial charge in [-0.1, -0.05) is 121 Å². The quantitative estimate of drug-likeness (QED) is 0.174. The van der Waals surface area contributed by atoms with E-state index in [0.29, 0.717) is 5.82 Å². The normalized spacial score (nSPS) is 11.5. The Labute approximate surface area is 295 Å². The van der Waals surface area contributed by atoms with Crippen LogP contribution < -0.4 is 0 Å². The molecule has 0 aliphatic carbocycles. The summed E-state index contributed by atoms with van der Waals surface area (Å²) in [6.07, 6.45) is 3.65. The lowest BCUT2D eigenvalue weighted by molar-refractivity contribution is 1.17. The third-order valence-corrected chi connectivity index (χ3v) is 9.93. The van der Waals surface area contributed by atoms with E-state index in [1.807, 2.05) is 24.5 Å². The second kappa shape index (κ2) is 11.9.